The van der Waals surface area contributed by atoms with Crippen LogP contribution in [0.25, 0.3) is 0 Å². The van der Waals surface area contributed by atoms with E-state index in [1.807, 2.05) is 11.9 Å². The Labute approximate surface area is 133 Å². The van der Waals surface area contributed by atoms with E-state index in [0.717, 1.165) is 38.9 Å². The maximum absolute atomic E-state index is 10.8. The molecule has 1 N–H and O–H groups in total. The van der Waals surface area contributed by atoms with Crippen LogP contribution in [0.1, 0.15) is 37.7 Å². The third-order valence-corrected chi connectivity index (χ3v) is 4.81. The molecule has 0 aliphatic carbocycles. The first-order valence-electron chi connectivity index (χ1n) is 8.29. The zero-order chi connectivity index (χ0) is 15.9. The molecule has 1 heterocycles. The first-order valence-corrected chi connectivity index (χ1v) is 8.29. The van der Waals surface area contributed by atoms with Crippen LogP contribution in [0, 0.1) is 0 Å². The Morgan fingerprint density at radius 2 is 1.95 bits per heavy atom. The van der Waals surface area contributed by atoms with E-state index in [1.165, 1.54) is 5.56 Å². The van der Waals surface area contributed by atoms with E-state index < -0.39 is 5.97 Å². The smallest absolute Gasteiger partial charge is 0.317 e. The van der Waals surface area contributed by atoms with Crippen LogP contribution in [0.3, 0.4) is 0 Å². The van der Waals surface area contributed by atoms with Gasteiger partial charge in [0.15, 0.2) is 0 Å². The Hall–Kier alpha value is -1.39. The summed E-state index contributed by atoms with van der Waals surface area (Å²) in [5, 5.41) is 8.89. The average Bonchev–Trinajstić information content (AvgIpc) is 2.53. The van der Waals surface area contributed by atoms with Crippen molar-refractivity contribution in [3.63, 3.8) is 0 Å². The van der Waals surface area contributed by atoms with E-state index in [0.29, 0.717) is 12.0 Å². The fraction of sp³-hybridized carbons (Fsp3) is 0.611. The number of carboxylic acids is 1. The molecular formula is C18H28N2O2. The highest BCUT2D eigenvalue weighted by atomic mass is 16.4. The highest BCUT2D eigenvalue weighted by Crippen LogP contribution is 2.23. The molecule has 1 fully saturated rings. The molecule has 0 radical (unpaired) electrons. The van der Waals surface area contributed by atoms with Gasteiger partial charge >= 0.3 is 5.97 Å². The largest absolute Gasteiger partial charge is 0.480 e. The summed E-state index contributed by atoms with van der Waals surface area (Å²) < 4.78 is 0. The second kappa shape index (κ2) is 8.30. The fourth-order valence-electron chi connectivity index (χ4n) is 3.39. The summed E-state index contributed by atoms with van der Waals surface area (Å²) in [7, 11) is 1.92. The lowest BCUT2D eigenvalue weighted by Crippen LogP contribution is -2.45. The van der Waals surface area contributed by atoms with Gasteiger partial charge in [-0.25, -0.2) is 0 Å². The van der Waals surface area contributed by atoms with Gasteiger partial charge in [0.25, 0.3) is 0 Å². The maximum Gasteiger partial charge on any atom is 0.317 e. The van der Waals surface area contributed by atoms with Gasteiger partial charge in [-0.05, 0) is 50.9 Å². The summed E-state index contributed by atoms with van der Waals surface area (Å²) in [4.78, 5) is 15.3. The zero-order valence-corrected chi connectivity index (χ0v) is 13.7. The van der Waals surface area contributed by atoms with Crippen molar-refractivity contribution >= 4 is 5.97 Å². The van der Waals surface area contributed by atoms with Crippen LogP contribution in [0.4, 0.5) is 0 Å². The molecule has 0 aromatic heterocycles. The van der Waals surface area contributed by atoms with Crippen molar-refractivity contribution in [2.24, 2.45) is 0 Å². The van der Waals surface area contributed by atoms with Crippen molar-refractivity contribution in [3.05, 3.63) is 35.9 Å². The molecule has 0 spiro atoms. The summed E-state index contributed by atoms with van der Waals surface area (Å²) in [6, 6.07) is 11.2. The standard InChI is InChI=1S/C18H28N2O2/c1-3-15(16-7-5-4-6-8-16)13-20-11-9-17(10-12-20)19(2)14-18(21)22/h4-8,15,17H,3,9-14H2,1-2H3,(H,21,22). The van der Waals surface area contributed by atoms with Gasteiger partial charge in [0.05, 0.1) is 6.54 Å². The van der Waals surface area contributed by atoms with E-state index in [1.54, 1.807) is 0 Å². The normalized spacial score (nSPS) is 18.5. The lowest BCUT2D eigenvalue weighted by molar-refractivity contribution is -0.138. The van der Waals surface area contributed by atoms with Gasteiger partial charge in [-0.2, -0.15) is 0 Å². The molecule has 22 heavy (non-hydrogen) atoms. The topological polar surface area (TPSA) is 43.8 Å². The molecule has 1 aromatic carbocycles. The Kier molecular flexibility index (Phi) is 6.40. The number of hydrogen-bond donors (Lipinski definition) is 1. The Morgan fingerprint density at radius 1 is 1.32 bits per heavy atom. The van der Waals surface area contributed by atoms with Gasteiger partial charge in [-0.1, -0.05) is 37.3 Å². The monoisotopic (exact) mass is 304 g/mol. The Bertz CT molecular complexity index is 455. The van der Waals surface area contributed by atoms with Gasteiger partial charge in [0.2, 0.25) is 0 Å². The molecule has 122 valence electrons. The van der Waals surface area contributed by atoms with Crippen molar-refractivity contribution in [2.75, 3.05) is 33.2 Å². The Balaban J connectivity index is 1.82. The molecule has 0 saturated carbocycles. The van der Waals surface area contributed by atoms with Crippen LogP contribution in [-0.2, 0) is 4.79 Å². The molecule has 4 nitrogen and oxygen atoms in total. The summed E-state index contributed by atoms with van der Waals surface area (Å²) >= 11 is 0. The molecule has 0 amide bonds. The van der Waals surface area contributed by atoms with E-state index in [2.05, 4.69) is 42.2 Å². The van der Waals surface area contributed by atoms with Gasteiger partial charge in [-0.3, -0.25) is 9.69 Å². The van der Waals surface area contributed by atoms with E-state index in [-0.39, 0.29) is 6.54 Å². The van der Waals surface area contributed by atoms with Crippen molar-refractivity contribution < 1.29 is 9.90 Å². The number of carbonyl (C=O) groups is 1. The zero-order valence-electron chi connectivity index (χ0n) is 13.7. The van der Waals surface area contributed by atoms with Crippen molar-refractivity contribution in [1.82, 2.24) is 9.80 Å². The highest BCUT2D eigenvalue weighted by molar-refractivity contribution is 5.69. The molecule has 2 rings (SSSR count). The molecule has 0 bridgehead atoms. The lowest BCUT2D eigenvalue weighted by atomic mass is 9.94. The molecule has 1 aliphatic heterocycles. The highest BCUT2D eigenvalue weighted by Gasteiger charge is 2.25. The number of carboxylic acid groups (broad SMARTS) is 1. The second-order valence-corrected chi connectivity index (χ2v) is 6.36. The van der Waals surface area contributed by atoms with E-state index in [9.17, 15) is 4.79 Å². The third kappa shape index (κ3) is 4.82. The summed E-state index contributed by atoms with van der Waals surface area (Å²) in [5.41, 5.74) is 1.43. The average molecular weight is 304 g/mol. The predicted octanol–water partition coefficient (Wildman–Crippen LogP) is 2.66. The third-order valence-electron chi connectivity index (χ3n) is 4.81. The molecule has 1 saturated heterocycles. The number of rotatable bonds is 7. The Morgan fingerprint density at radius 3 is 2.50 bits per heavy atom. The summed E-state index contributed by atoms with van der Waals surface area (Å²) in [5.74, 6) is -0.144. The van der Waals surface area contributed by atoms with Gasteiger partial charge in [0, 0.05) is 12.6 Å². The molecule has 1 aliphatic rings. The first-order chi connectivity index (χ1) is 10.6. The van der Waals surface area contributed by atoms with E-state index in [4.69, 9.17) is 5.11 Å². The number of piperidine rings is 1. The quantitative estimate of drug-likeness (QED) is 0.841. The van der Waals surface area contributed by atoms with Crippen LogP contribution in [0.15, 0.2) is 30.3 Å². The maximum atomic E-state index is 10.8. The van der Waals surface area contributed by atoms with Crippen LogP contribution < -0.4 is 0 Å². The summed E-state index contributed by atoms with van der Waals surface area (Å²) in [6.07, 6.45) is 3.28. The number of benzene rings is 1. The molecular weight excluding hydrogens is 276 g/mol. The van der Waals surface area contributed by atoms with Crippen LogP contribution in [0.5, 0.6) is 0 Å². The van der Waals surface area contributed by atoms with Crippen LogP contribution in [0.2, 0.25) is 0 Å². The van der Waals surface area contributed by atoms with Crippen LogP contribution >= 0.6 is 0 Å². The van der Waals surface area contributed by atoms with Crippen molar-refractivity contribution in [3.8, 4) is 0 Å². The van der Waals surface area contributed by atoms with Crippen molar-refractivity contribution in [1.29, 1.82) is 0 Å². The minimum Gasteiger partial charge on any atom is -0.480 e. The lowest BCUT2D eigenvalue weighted by Gasteiger charge is -2.37. The molecule has 1 atom stereocenters. The number of nitrogens with zero attached hydrogens (tertiary/aromatic N) is 2. The van der Waals surface area contributed by atoms with Gasteiger partial charge < -0.3 is 10.0 Å². The molecule has 1 aromatic rings. The number of likely N-dealkylation sites (N-methyl/N-ethyl adjacent to an activating group) is 1. The second-order valence-electron chi connectivity index (χ2n) is 6.36. The number of likely N-dealkylation sites (tertiary alicyclic amines) is 1. The molecule has 1 unspecified atom stereocenters. The number of aliphatic carboxylic acids is 1. The minimum atomic E-state index is -0.736. The predicted molar refractivity (Wildman–Crippen MR) is 89.2 cm³/mol. The van der Waals surface area contributed by atoms with E-state index >= 15 is 0 Å². The first kappa shape index (κ1) is 17.0. The van der Waals surface area contributed by atoms with Gasteiger partial charge in [0.1, 0.15) is 0 Å². The van der Waals surface area contributed by atoms with Crippen LogP contribution in [-0.4, -0.2) is 60.1 Å². The SMILES string of the molecule is CCC(CN1CCC(N(C)CC(=O)O)CC1)c1ccccc1. The fourth-order valence-corrected chi connectivity index (χ4v) is 3.39. The van der Waals surface area contributed by atoms with Crippen molar-refractivity contribution in [2.45, 2.75) is 38.1 Å². The summed E-state index contributed by atoms with van der Waals surface area (Å²) in [6.45, 7) is 5.64. The number of hydrogen-bond acceptors (Lipinski definition) is 3. The minimum absolute atomic E-state index is 0.145. The van der Waals surface area contributed by atoms with Gasteiger partial charge in [-0.15, -0.1) is 0 Å². The molecule has 4 heteroatoms.